The van der Waals surface area contributed by atoms with Gasteiger partial charge < -0.3 is 9.73 Å². The second-order valence-corrected chi connectivity index (χ2v) is 5.44. The van der Waals surface area contributed by atoms with Crippen LogP contribution in [0.5, 0.6) is 0 Å². The number of nitrogens with one attached hydrogen (secondary N) is 1. The number of aromatic nitrogens is 2. The summed E-state index contributed by atoms with van der Waals surface area (Å²) in [6.07, 6.45) is 1.71. The standard InChI is InChI=1S/C18H16FN3O2/c1-11-8-15(6-7-20-11)21-17(23)10-16-12(2)24-18(22-16)13-4-3-5-14(19)9-13/h3-9H,10H2,1-2H3,(H,20,21,23). The van der Waals surface area contributed by atoms with Crippen LogP contribution in [0.15, 0.2) is 47.0 Å². The molecular weight excluding hydrogens is 309 g/mol. The lowest BCUT2D eigenvalue weighted by Gasteiger charge is -2.04. The van der Waals surface area contributed by atoms with E-state index in [0.29, 0.717) is 28.6 Å². The number of pyridine rings is 1. The molecule has 0 unspecified atom stereocenters. The van der Waals surface area contributed by atoms with E-state index in [2.05, 4.69) is 15.3 Å². The van der Waals surface area contributed by atoms with Crippen LogP contribution in [0.4, 0.5) is 10.1 Å². The van der Waals surface area contributed by atoms with Crippen molar-refractivity contribution in [3.63, 3.8) is 0 Å². The van der Waals surface area contributed by atoms with E-state index < -0.39 is 0 Å². The number of amides is 1. The maximum absolute atomic E-state index is 13.3. The number of hydrogen-bond donors (Lipinski definition) is 1. The first-order valence-corrected chi connectivity index (χ1v) is 7.46. The summed E-state index contributed by atoms with van der Waals surface area (Å²) < 4.78 is 18.9. The van der Waals surface area contributed by atoms with Crippen LogP contribution < -0.4 is 5.32 Å². The predicted molar refractivity (Wildman–Crippen MR) is 87.9 cm³/mol. The molecule has 2 heterocycles. The van der Waals surface area contributed by atoms with Crippen LogP contribution in [0.25, 0.3) is 11.5 Å². The zero-order valence-electron chi connectivity index (χ0n) is 13.3. The van der Waals surface area contributed by atoms with Gasteiger partial charge in [-0.15, -0.1) is 0 Å². The molecule has 0 aliphatic carbocycles. The largest absolute Gasteiger partial charge is 0.441 e. The van der Waals surface area contributed by atoms with Crippen molar-refractivity contribution in [2.45, 2.75) is 20.3 Å². The average Bonchev–Trinajstić information content (AvgIpc) is 2.88. The van der Waals surface area contributed by atoms with Crippen LogP contribution in [-0.4, -0.2) is 15.9 Å². The summed E-state index contributed by atoms with van der Waals surface area (Å²) in [5.41, 5.74) is 2.56. The Morgan fingerprint density at radius 3 is 2.83 bits per heavy atom. The number of carbonyl (C=O) groups excluding carboxylic acids is 1. The number of nitrogens with zero attached hydrogens (tertiary/aromatic N) is 2. The Morgan fingerprint density at radius 2 is 2.08 bits per heavy atom. The molecule has 0 atom stereocenters. The third kappa shape index (κ3) is 3.65. The highest BCUT2D eigenvalue weighted by atomic mass is 19.1. The highest BCUT2D eigenvalue weighted by Crippen LogP contribution is 2.22. The molecule has 24 heavy (non-hydrogen) atoms. The molecule has 3 aromatic rings. The molecule has 0 radical (unpaired) electrons. The van der Waals surface area contributed by atoms with Crippen molar-refractivity contribution >= 4 is 11.6 Å². The van der Waals surface area contributed by atoms with Crippen molar-refractivity contribution in [3.8, 4) is 11.5 Å². The van der Waals surface area contributed by atoms with Crippen LogP contribution in [-0.2, 0) is 11.2 Å². The fourth-order valence-electron chi connectivity index (χ4n) is 2.32. The SMILES string of the molecule is Cc1cc(NC(=O)Cc2nc(-c3cccc(F)c3)oc2C)ccn1. The van der Waals surface area contributed by atoms with Gasteiger partial charge in [0, 0.05) is 23.1 Å². The van der Waals surface area contributed by atoms with Gasteiger partial charge in [-0.1, -0.05) is 6.07 Å². The molecular formula is C18H16FN3O2. The van der Waals surface area contributed by atoms with Gasteiger partial charge in [0.1, 0.15) is 11.6 Å². The highest BCUT2D eigenvalue weighted by Gasteiger charge is 2.15. The summed E-state index contributed by atoms with van der Waals surface area (Å²) in [4.78, 5) is 20.6. The van der Waals surface area contributed by atoms with E-state index in [9.17, 15) is 9.18 Å². The van der Waals surface area contributed by atoms with Crippen molar-refractivity contribution in [2.24, 2.45) is 0 Å². The molecule has 5 nitrogen and oxygen atoms in total. The number of carbonyl (C=O) groups is 1. The summed E-state index contributed by atoms with van der Waals surface area (Å²) in [6, 6.07) is 9.49. The first-order valence-electron chi connectivity index (χ1n) is 7.46. The quantitative estimate of drug-likeness (QED) is 0.794. The molecule has 1 N–H and O–H groups in total. The van der Waals surface area contributed by atoms with Gasteiger partial charge in [0.05, 0.1) is 12.1 Å². The highest BCUT2D eigenvalue weighted by molar-refractivity contribution is 5.92. The zero-order chi connectivity index (χ0) is 17.1. The van der Waals surface area contributed by atoms with E-state index in [1.165, 1.54) is 12.1 Å². The number of oxazole rings is 1. The average molecular weight is 325 g/mol. The molecule has 1 amide bonds. The van der Waals surface area contributed by atoms with Gasteiger partial charge in [0.2, 0.25) is 11.8 Å². The predicted octanol–water partition coefficient (Wildman–Crippen LogP) is 3.67. The number of hydrogen-bond acceptors (Lipinski definition) is 4. The Morgan fingerprint density at radius 1 is 1.25 bits per heavy atom. The lowest BCUT2D eigenvalue weighted by Crippen LogP contribution is -2.15. The molecule has 1 aromatic carbocycles. The van der Waals surface area contributed by atoms with E-state index in [1.807, 2.05) is 6.92 Å². The molecule has 2 aromatic heterocycles. The maximum Gasteiger partial charge on any atom is 0.230 e. The number of halogens is 1. The Kier molecular flexibility index (Phi) is 4.37. The van der Waals surface area contributed by atoms with Crippen LogP contribution in [0.3, 0.4) is 0 Å². The van der Waals surface area contributed by atoms with E-state index in [1.54, 1.807) is 37.4 Å². The summed E-state index contributed by atoms with van der Waals surface area (Å²) in [5, 5.41) is 2.80. The van der Waals surface area contributed by atoms with Crippen LogP contribution in [0, 0.1) is 19.7 Å². The van der Waals surface area contributed by atoms with E-state index in [-0.39, 0.29) is 18.1 Å². The van der Waals surface area contributed by atoms with E-state index >= 15 is 0 Å². The van der Waals surface area contributed by atoms with Gasteiger partial charge in [-0.2, -0.15) is 0 Å². The molecule has 0 saturated carbocycles. The summed E-state index contributed by atoms with van der Waals surface area (Å²) >= 11 is 0. The van der Waals surface area contributed by atoms with Gasteiger partial charge in [-0.05, 0) is 44.2 Å². The number of rotatable bonds is 4. The van der Waals surface area contributed by atoms with Gasteiger partial charge in [-0.25, -0.2) is 9.37 Å². The minimum atomic E-state index is -0.365. The van der Waals surface area contributed by atoms with E-state index in [4.69, 9.17) is 4.42 Å². The normalized spacial score (nSPS) is 10.6. The minimum absolute atomic E-state index is 0.0754. The smallest absolute Gasteiger partial charge is 0.230 e. The van der Waals surface area contributed by atoms with Gasteiger partial charge in [0.15, 0.2) is 0 Å². The lowest BCUT2D eigenvalue weighted by molar-refractivity contribution is -0.115. The van der Waals surface area contributed by atoms with Crippen LogP contribution in [0.2, 0.25) is 0 Å². The molecule has 6 heteroatoms. The Hall–Kier alpha value is -3.02. The lowest BCUT2D eigenvalue weighted by atomic mass is 10.2. The number of anilines is 1. The van der Waals surface area contributed by atoms with Gasteiger partial charge in [-0.3, -0.25) is 9.78 Å². The molecule has 0 spiro atoms. The molecule has 0 saturated heterocycles. The minimum Gasteiger partial charge on any atom is -0.441 e. The monoisotopic (exact) mass is 325 g/mol. The van der Waals surface area contributed by atoms with Crippen molar-refractivity contribution in [2.75, 3.05) is 5.32 Å². The third-order valence-electron chi connectivity index (χ3n) is 3.47. The van der Waals surface area contributed by atoms with Crippen molar-refractivity contribution < 1.29 is 13.6 Å². The summed E-state index contributed by atoms with van der Waals surface area (Å²) in [6.45, 7) is 3.58. The second kappa shape index (κ2) is 6.62. The summed E-state index contributed by atoms with van der Waals surface area (Å²) in [5.74, 6) is 0.267. The topological polar surface area (TPSA) is 68.0 Å². The van der Waals surface area contributed by atoms with Crippen molar-refractivity contribution in [1.29, 1.82) is 0 Å². The Bertz CT molecular complexity index is 889. The summed E-state index contributed by atoms with van der Waals surface area (Å²) in [7, 11) is 0. The first-order chi connectivity index (χ1) is 11.5. The number of aryl methyl sites for hydroxylation is 2. The van der Waals surface area contributed by atoms with Crippen molar-refractivity contribution in [1.82, 2.24) is 9.97 Å². The Labute approximate surface area is 138 Å². The zero-order valence-corrected chi connectivity index (χ0v) is 13.3. The van der Waals surface area contributed by atoms with Crippen molar-refractivity contribution in [3.05, 3.63) is 65.6 Å². The molecule has 0 aliphatic rings. The van der Waals surface area contributed by atoms with Gasteiger partial charge in [0.25, 0.3) is 0 Å². The molecule has 122 valence electrons. The van der Waals surface area contributed by atoms with Crippen LogP contribution in [0.1, 0.15) is 17.1 Å². The molecule has 0 fully saturated rings. The van der Waals surface area contributed by atoms with Gasteiger partial charge >= 0.3 is 0 Å². The third-order valence-corrected chi connectivity index (χ3v) is 3.47. The Balaban J connectivity index is 1.75. The number of benzene rings is 1. The fourth-order valence-corrected chi connectivity index (χ4v) is 2.32. The van der Waals surface area contributed by atoms with Crippen LogP contribution >= 0.6 is 0 Å². The molecule has 0 aliphatic heterocycles. The second-order valence-electron chi connectivity index (χ2n) is 5.44. The molecule has 0 bridgehead atoms. The fraction of sp³-hybridized carbons (Fsp3) is 0.167. The van der Waals surface area contributed by atoms with E-state index in [0.717, 1.165) is 5.69 Å². The maximum atomic E-state index is 13.3. The molecule has 3 rings (SSSR count). The first kappa shape index (κ1) is 15.9.